The van der Waals surface area contributed by atoms with Gasteiger partial charge in [0.1, 0.15) is 0 Å². The summed E-state index contributed by atoms with van der Waals surface area (Å²) in [7, 11) is 0. The van der Waals surface area contributed by atoms with E-state index in [0.717, 1.165) is 17.7 Å². The van der Waals surface area contributed by atoms with Crippen molar-refractivity contribution in [1.29, 1.82) is 0 Å². The number of anilines is 1. The molecule has 0 saturated carbocycles. The standard InChI is InChI=1S/C15H14F2N2O/c16-13-6-5-11(9-14(13)17)19-15(20)12-4-2-1-3-10(12)7-8-18/h1-6,9H,7-8,18H2,(H,19,20). The molecule has 0 radical (unpaired) electrons. The van der Waals surface area contributed by atoms with Crippen LogP contribution in [0.5, 0.6) is 0 Å². The number of nitrogens with two attached hydrogens (primary N) is 1. The first-order valence-corrected chi connectivity index (χ1v) is 6.16. The second-order valence-electron chi connectivity index (χ2n) is 4.28. The maximum atomic E-state index is 13.1. The van der Waals surface area contributed by atoms with Gasteiger partial charge in [-0.1, -0.05) is 18.2 Å². The predicted molar refractivity (Wildman–Crippen MR) is 73.5 cm³/mol. The van der Waals surface area contributed by atoms with Crippen LogP contribution in [0.4, 0.5) is 14.5 Å². The van der Waals surface area contributed by atoms with Crippen molar-refractivity contribution < 1.29 is 13.6 Å². The van der Waals surface area contributed by atoms with Crippen LogP contribution in [0.1, 0.15) is 15.9 Å². The zero-order valence-electron chi connectivity index (χ0n) is 10.7. The van der Waals surface area contributed by atoms with Crippen LogP contribution in [0.2, 0.25) is 0 Å². The normalized spacial score (nSPS) is 10.3. The van der Waals surface area contributed by atoms with E-state index in [9.17, 15) is 13.6 Å². The number of hydrogen-bond acceptors (Lipinski definition) is 2. The Morgan fingerprint density at radius 2 is 1.85 bits per heavy atom. The number of halogens is 2. The van der Waals surface area contributed by atoms with Crippen molar-refractivity contribution in [2.45, 2.75) is 6.42 Å². The van der Waals surface area contributed by atoms with Crippen LogP contribution in [0.3, 0.4) is 0 Å². The molecule has 0 unspecified atom stereocenters. The van der Waals surface area contributed by atoms with Crippen LogP contribution in [0, 0.1) is 11.6 Å². The minimum Gasteiger partial charge on any atom is -0.330 e. The molecule has 104 valence electrons. The van der Waals surface area contributed by atoms with E-state index < -0.39 is 11.6 Å². The highest BCUT2D eigenvalue weighted by Gasteiger charge is 2.11. The van der Waals surface area contributed by atoms with E-state index in [-0.39, 0.29) is 11.6 Å². The zero-order valence-corrected chi connectivity index (χ0v) is 10.7. The molecular formula is C15H14F2N2O. The summed E-state index contributed by atoms with van der Waals surface area (Å²) in [5.41, 5.74) is 6.99. The number of amides is 1. The third-order valence-electron chi connectivity index (χ3n) is 2.85. The molecule has 0 bridgehead atoms. The highest BCUT2D eigenvalue weighted by molar-refractivity contribution is 6.05. The van der Waals surface area contributed by atoms with Crippen LogP contribution >= 0.6 is 0 Å². The molecule has 0 saturated heterocycles. The summed E-state index contributed by atoms with van der Waals surface area (Å²) < 4.78 is 25.9. The first kappa shape index (κ1) is 14.1. The molecule has 0 aromatic heterocycles. The van der Waals surface area contributed by atoms with Crippen LogP contribution in [-0.2, 0) is 6.42 Å². The predicted octanol–water partition coefficient (Wildman–Crippen LogP) is 2.72. The summed E-state index contributed by atoms with van der Waals surface area (Å²) in [6, 6.07) is 10.3. The summed E-state index contributed by atoms with van der Waals surface area (Å²) >= 11 is 0. The average molecular weight is 276 g/mol. The van der Waals surface area contributed by atoms with Crippen molar-refractivity contribution >= 4 is 11.6 Å². The van der Waals surface area contributed by atoms with Gasteiger partial charge in [-0.3, -0.25) is 4.79 Å². The molecule has 0 aliphatic heterocycles. The lowest BCUT2D eigenvalue weighted by molar-refractivity contribution is 0.102. The van der Waals surface area contributed by atoms with Gasteiger partial charge in [-0.05, 0) is 36.7 Å². The minimum atomic E-state index is -1.00. The summed E-state index contributed by atoms with van der Waals surface area (Å²) in [5, 5.41) is 2.54. The maximum Gasteiger partial charge on any atom is 0.255 e. The van der Waals surface area contributed by atoms with Gasteiger partial charge in [-0.15, -0.1) is 0 Å². The molecule has 2 rings (SSSR count). The van der Waals surface area contributed by atoms with Gasteiger partial charge in [0.2, 0.25) is 0 Å². The molecule has 0 aliphatic carbocycles. The SMILES string of the molecule is NCCc1ccccc1C(=O)Nc1ccc(F)c(F)c1. The van der Waals surface area contributed by atoms with Crippen LogP contribution in [-0.4, -0.2) is 12.5 Å². The molecule has 1 amide bonds. The van der Waals surface area contributed by atoms with Crippen LogP contribution in [0.15, 0.2) is 42.5 Å². The van der Waals surface area contributed by atoms with E-state index in [2.05, 4.69) is 5.32 Å². The number of rotatable bonds is 4. The second kappa shape index (κ2) is 6.25. The Morgan fingerprint density at radius 1 is 1.10 bits per heavy atom. The molecule has 0 spiro atoms. The Balaban J connectivity index is 2.21. The third-order valence-corrected chi connectivity index (χ3v) is 2.85. The average Bonchev–Trinajstić information content (AvgIpc) is 2.44. The molecular weight excluding hydrogens is 262 g/mol. The van der Waals surface area contributed by atoms with E-state index in [4.69, 9.17) is 5.73 Å². The van der Waals surface area contributed by atoms with Crippen molar-refractivity contribution in [1.82, 2.24) is 0 Å². The summed E-state index contributed by atoms with van der Waals surface area (Å²) in [6.45, 7) is 0.426. The largest absolute Gasteiger partial charge is 0.330 e. The maximum absolute atomic E-state index is 13.1. The molecule has 0 atom stereocenters. The van der Waals surface area contributed by atoms with Gasteiger partial charge < -0.3 is 11.1 Å². The minimum absolute atomic E-state index is 0.205. The van der Waals surface area contributed by atoms with Gasteiger partial charge in [-0.25, -0.2) is 8.78 Å². The lowest BCUT2D eigenvalue weighted by atomic mass is 10.0. The van der Waals surface area contributed by atoms with E-state index in [1.807, 2.05) is 12.1 Å². The van der Waals surface area contributed by atoms with E-state index in [1.54, 1.807) is 12.1 Å². The Kier molecular flexibility index (Phi) is 4.42. The van der Waals surface area contributed by atoms with Crippen molar-refractivity contribution in [2.75, 3.05) is 11.9 Å². The Hall–Kier alpha value is -2.27. The van der Waals surface area contributed by atoms with Crippen molar-refractivity contribution in [2.24, 2.45) is 5.73 Å². The molecule has 20 heavy (non-hydrogen) atoms. The van der Waals surface area contributed by atoms with Crippen molar-refractivity contribution in [3.8, 4) is 0 Å². The highest BCUT2D eigenvalue weighted by atomic mass is 19.2. The second-order valence-corrected chi connectivity index (χ2v) is 4.28. The molecule has 0 fully saturated rings. The first-order valence-electron chi connectivity index (χ1n) is 6.16. The summed E-state index contributed by atoms with van der Waals surface area (Å²) in [6.07, 6.45) is 0.571. The van der Waals surface area contributed by atoms with E-state index in [0.29, 0.717) is 18.5 Å². The molecule has 2 aromatic carbocycles. The number of hydrogen-bond donors (Lipinski definition) is 2. The van der Waals surface area contributed by atoms with Gasteiger partial charge in [0.25, 0.3) is 5.91 Å². The fourth-order valence-corrected chi connectivity index (χ4v) is 1.89. The molecule has 2 aromatic rings. The third kappa shape index (κ3) is 3.19. The fraction of sp³-hybridized carbons (Fsp3) is 0.133. The van der Waals surface area contributed by atoms with Crippen LogP contribution in [0.25, 0.3) is 0 Å². The number of carbonyl (C=O) groups excluding carboxylic acids is 1. The summed E-state index contributed by atoms with van der Waals surface area (Å²) in [5.74, 6) is -2.33. The Labute approximate surface area is 115 Å². The smallest absolute Gasteiger partial charge is 0.255 e. The van der Waals surface area contributed by atoms with Gasteiger partial charge in [0.15, 0.2) is 11.6 Å². The monoisotopic (exact) mass is 276 g/mol. The first-order chi connectivity index (χ1) is 9.61. The Bertz CT molecular complexity index is 629. The number of benzene rings is 2. The quantitative estimate of drug-likeness (QED) is 0.902. The molecule has 5 heteroatoms. The van der Waals surface area contributed by atoms with Gasteiger partial charge in [0.05, 0.1) is 0 Å². The lowest BCUT2D eigenvalue weighted by Crippen LogP contribution is -2.16. The fourth-order valence-electron chi connectivity index (χ4n) is 1.89. The van der Waals surface area contributed by atoms with Crippen molar-refractivity contribution in [3.05, 3.63) is 65.2 Å². The molecule has 0 aliphatic rings. The van der Waals surface area contributed by atoms with Gasteiger partial charge in [0, 0.05) is 17.3 Å². The number of nitrogens with one attached hydrogen (secondary N) is 1. The van der Waals surface area contributed by atoms with Crippen LogP contribution < -0.4 is 11.1 Å². The van der Waals surface area contributed by atoms with Gasteiger partial charge in [-0.2, -0.15) is 0 Å². The zero-order chi connectivity index (χ0) is 14.5. The molecule has 3 N–H and O–H groups in total. The number of carbonyl (C=O) groups is 1. The summed E-state index contributed by atoms with van der Waals surface area (Å²) in [4.78, 5) is 12.1. The van der Waals surface area contributed by atoms with E-state index in [1.165, 1.54) is 6.07 Å². The topological polar surface area (TPSA) is 55.1 Å². The molecule has 0 heterocycles. The van der Waals surface area contributed by atoms with Gasteiger partial charge >= 0.3 is 0 Å². The highest BCUT2D eigenvalue weighted by Crippen LogP contribution is 2.16. The van der Waals surface area contributed by atoms with E-state index >= 15 is 0 Å². The Morgan fingerprint density at radius 3 is 2.55 bits per heavy atom. The van der Waals surface area contributed by atoms with Crippen molar-refractivity contribution in [3.63, 3.8) is 0 Å². The lowest BCUT2D eigenvalue weighted by Gasteiger charge is -2.09. The molecule has 3 nitrogen and oxygen atoms in total.